The Morgan fingerprint density at radius 3 is 2.23 bits per heavy atom. The van der Waals surface area contributed by atoms with Crippen LogP contribution in [0.15, 0.2) is 48.5 Å². The van der Waals surface area contributed by atoms with E-state index >= 15 is 0 Å². The number of carbonyl (C=O) groups is 1. The van der Waals surface area contributed by atoms with Crippen molar-refractivity contribution in [2.45, 2.75) is 19.4 Å². The maximum Gasteiger partial charge on any atom is 0.405 e. The van der Waals surface area contributed by atoms with Gasteiger partial charge in [-0.25, -0.2) is 0 Å². The molecule has 0 aliphatic rings. The molecule has 2 aromatic rings. The lowest BCUT2D eigenvalue weighted by Gasteiger charge is -2.14. The van der Waals surface area contributed by atoms with Gasteiger partial charge in [-0.3, -0.25) is 4.79 Å². The van der Waals surface area contributed by atoms with Crippen molar-refractivity contribution in [2.75, 3.05) is 17.2 Å². The van der Waals surface area contributed by atoms with Gasteiger partial charge in [-0.2, -0.15) is 30.7 Å². The number of anilines is 2. The molecular weight excluding hydrogens is 437 g/mol. The minimum Gasteiger partial charge on any atom is -0.435 e. The molecule has 0 unspecified atom stereocenters. The molecule has 31 heavy (non-hydrogen) atoms. The van der Waals surface area contributed by atoms with Crippen LogP contribution in [0.25, 0.3) is 6.08 Å². The fraction of sp³-hybridized carbons (Fsp3) is 0.211. The van der Waals surface area contributed by atoms with Crippen LogP contribution in [0.4, 0.5) is 42.1 Å². The lowest BCUT2D eigenvalue weighted by atomic mass is 10.1. The summed E-state index contributed by atoms with van der Waals surface area (Å²) in [6.07, 6.45) is -2.51. The summed E-state index contributed by atoms with van der Waals surface area (Å²) in [6.45, 7) is -7.77. The first-order chi connectivity index (χ1) is 14.5. The third-order valence-electron chi connectivity index (χ3n) is 3.50. The summed E-state index contributed by atoms with van der Waals surface area (Å²) in [5, 5.41) is 4.49. The molecule has 0 aliphatic heterocycles. The maximum atomic E-state index is 12.6. The van der Waals surface area contributed by atoms with Crippen molar-refractivity contribution < 1.29 is 45.0 Å². The summed E-state index contributed by atoms with van der Waals surface area (Å²) < 4.78 is 95.3. The second-order valence-corrected chi connectivity index (χ2v) is 5.79. The van der Waals surface area contributed by atoms with E-state index in [1.165, 1.54) is 24.3 Å². The van der Waals surface area contributed by atoms with Crippen LogP contribution in [0.3, 0.4) is 0 Å². The molecule has 0 fully saturated rings. The molecule has 2 rings (SSSR count). The minimum atomic E-state index is -4.47. The van der Waals surface area contributed by atoms with Crippen LogP contribution in [0.2, 0.25) is 0 Å². The van der Waals surface area contributed by atoms with Gasteiger partial charge in [0.15, 0.2) is 0 Å². The Labute approximate surface area is 171 Å². The van der Waals surface area contributed by atoms with E-state index in [1.807, 2.05) is 0 Å². The zero-order chi connectivity index (χ0) is 23.0. The highest BCUT2D eigenvalue weighted by Gasteiger charge is 2.27. The van der Waals surface area contributed by atoms with E-state index in [-0.39, 0.29) is 16.9 Å². The molecule has 2 aromatic carbocycles. The van der Waals surface area contributed by atoms with Gasteiger partial charge < -0.3 is 20.1 Å². The van der Waals surface area contributed by atoms with Gasteiger partial charge in [-0.05, 0) is 30.3 Å². The Balaban J connectivity index is 2.14. The first-order valence-electron chi connectivity index (χ1n) is 8.46. The second kappa shape index (κ2) is 10.5. The largest absolute Gasteiger partial charge is 0.435 e. The summed E-state index contributed by atoms with van der Waals surface area (Å²) in [6, 6.07) is 8.58. The third kappa shape index (κ3) is 8.44. The van der Waals surface area contributed by atoms with Gasteiger partial charge in [-0.15, -0.1) is 0 Å². The highest BCUT2D eigenvalue weighted by Crippen LogP contribution is 2.29. The molecular formula is C19H15F7N2O3. The number of carbonyl (C=O) groups excluding carboxylic acids is 1. The Morgan fingerprint density at radius 1 is 0.968 bits per heavy atom. The van der Waals surface area contributed by atoms with Gasteiger partial charge in [0.05, 0.1) is 11.4 Å². The number of alkyl halides is 7. The van der Waals surface area contributed by atoms with Gasteiger partial charge in [0.25, 0.3) is 0 Å². The topological polar surface area (TPSA) is 59.6 Å². The number of benzene rings is 2. The SMILES string of the molecule is O=C(/C=C/c1ccc(OC(F)F)cc1OC(F)F)Nc1ccccc1NCC(F)(F)F. The van der Waals surface area contributed by atoms with Crippen LogP contribution in [0.5, 0.6) is 11.5 Å². The van der Waals surface area contributed by atoms with E-state index in [0.717, 1.165) is 30.4 Å². The molecule has 0 saturated heterocycles. The van der Waals surface area contributed by atoms with Crippen molar-refractivity contribution in [3.63, 3.8) is 0 Å². The molecule has 0 aromatic heterocycles. The molecule has 0 saturated carbocycles. The van der Waals surface area contributed by atoms with Crippen molar-refractivity contribution in [2.24, 2.45) is 0 Å². The summed E-state index contributed by atoms with van der Waals surface area (Å²) in [5.41, 5.74) is 0.00322. The van der Waals surface area contributed by atoms with E-state index in [1.54, 1.807) is 0 Å². The minimum absolute atomic E-state index is 0.0109. The van der Waals surface area contributed by atoms with Crippen LogP contribution in [0, 0.1) is 0 Å². The molecule has 0 heterocycles. The van der Waals surface area contributed by atoms with Crippen molar-refractivity contribution in [1.29, 1.82) is 0 Å². The fourth-order valence-electron chi connectivity index (χ4n) is 2.31. The Bertz CT molecular complexity index is 918. The second-order valence-electron chi connectivity index (χ2n) is 5.79. The molecule has 2 N–H and O–H groups in total. The van der Waals surface area contributed by atoms with Crippen molar-refractivity contribution >= 4 is 23.4 Å². The Morgan fingerprint density at radius 2 is 1.61 bits per heavy atom. The number of hydrogen-bond acceptors (Lipinski definition) is 4. The number of ether oxygens (including phenoxy) is 2. The predicted molar refractivity (Wildman–Crippen MR) is 98.4 cm³/mol. The average molecular weight is 452 g/mol. The zero-order valence-corrected chi connectivity index (χ0v) is 15.4. The summed E-state index contributed by atoms with van der Waals surface area (Å²) in [7, 11) is 0. The molecule has 1 amide bonds. The highest BCUT2D eigenvalue weighted by atomic mass is 19.4. The molecule has 12 heteroatoms. The molecule has 5 nitrogen and oxygen atoms in total. The Kier molecular flexibility index (Phi) is 8.11. The van der Waals surface area contributed by atoms with E-state index in [0.29, 0.717) is 0 Å². The number of rotatable bonds is 9. The average Bonchev–Trinajstić information content (AvgIpc) is 2.65. The number of para-hydroxylation sites is 2. The van der Waals surface area contributed by atoms with Gasteiger partial charge in [0.2, 0.25) is 5.91 Å². The smallest absolute Gasteiger partial charge is 0.405 e. The predicted octanol–water partition coefficient (Wildman–Crippen LogP) is 5.52. The van der Waals surface area contributed by atoms with Crippen molar-refractivity contribution in [3.8, 4) is 11.5 Å². The van der Waals surface area contributed by atoms with Crippen LogP contribution in [0.1, 0.15) is 5.56 Å². The normalized spacial score (nSPS) is 11.8. The summed E-state index contributed by atoms with van der Waals surface area (Å²) in [5.74, 6) is -1.75. The van der Waals surface area contributed by atoms with Crippen LogP contribution in [-0.2, 0) is 4.79 Å². The number of nitrogens with one attached hydrogen (secondary N) is 2. The number of halogens is 7. The van der Waals surface area contributed by atoms with Gasteiger partial charge in [0.1, 0.15) is 18.0 Å². The van der Waals surface area contributed by atoms with Crippen molar-refractivity contribution in [1.82, 2.24) is 0 Å². The number of amides is 1. The maximum absolute atomic E-state index is 12.6. The molecule has 0 bridgehead atoms. The summed E-state index contributed by atoms with van der Waals surface area (Å²) >= 11 is 0. The quantitative estimate of drug-likeness (QED) is 0.389. The Hall–Kier alpha value is -3.44. The van der Waals surface area contributed by atoms with Gasteiger partial charge in [-0.1, -0.05) is 12.1 Å². The summed E-state index contributed by atoms with van der Waals surface area (Å²) in [4.78, 5) is 12.1. The molecule has 0 radical (unpaired) electrons. The highest BCUT2D eigenvalue weighted by molar-refractivity contribution is 6.03. The first-order valence-corrected chi connectivity index (χ1v) is 8.46. The van der Waals surface area contributed by atoms with Crippen LogP contribution < -0.4 is 20.1 Å². The molecule has 0 atom stereocenters. The lowest BCUT2D eigenvalue weighted by Crippen LogP contribution is -2.22. The molecule has 0 aliphatic carbocycles. The van der Waals surface area contributed by atoms with E-state index < -0.39 is 43.4 Å². The first kappa shape index (κ1) is 23.8. The standard InChI is InChI=1S/C19H15F7N2O3/c20-17(21)30-12-7-5-11(15(9-12)31-18(22)23)6-8-16(29)28-14-4-2-1-3-13(14)27-10-19(24,25)26/h1-9,17-18,27H,10H2,(H,28,29)/b8-6+. The molecule has 168 valence electrons. The fourth-order valence-corrected chi connectivity index (χ4v) is 2.31. The van der Waals surface area contributed by atoms with Crippen LogP contribution >= 0.6 is 0 Å². The van der Waals surface area contributed by atoms with Gasteiger partial charge >= 0.3 is 19.4 Å². The van der Waals surface area contributed by atoms with Crippen LogP contribution in [-0.4, -0.2) is 31.9 Å². The lowest BCUT2D eigenvalue weighted by molar-refractivity contribution is -0.115. The monoisotopic (exact) mass is 452 g/mol. The van der Waals surface area contributed by atoms with Gasteiger partial charge in [0, 0.05) is 17.7 Å². The zero-order valence-electron chi connectivity index (χ0n) is 15.4. The number of hydrogen-bond donors (Lipinski definition) is 2. The molecule has 0 spiro atoms. The van der Waals surface area contributed by atoms with E-state index in [2.05, 4.69) is 20.1 Å². The van der Waals surface area contributed by atoms with Crippen molar-refractivity contribution in [3.05, 3.63) is 54.1 Å². The third-order valence-corrected chi connectivity index (χ3v) is 3.50. The van der Waals surface area contributed by atoms with E-state index in [4.69, 9.17) is 0 Å². The van der Waals surface area contributed by atoms with E-state index in [9.17, 15) is 35.5 Å².